The summed E-state index contributed by atoms with van der Waals surface area (Å²) in [6.07, 6.45) is 0.713. The van der Waals surface area contributed by atoms with Crippen molar-refractivity contribution in [3.05, 3.63) is 82.6 Å². The number of allylic oxidation sites excluding steroid dienone is 3. The second kappa shape index (κ2) is 9.49. The van der Waals surface area contributed by atoms with Gasteiger partial charge in [0.2, 0.25) is 5.89 Å². The molecule has 7 nitrogen and oxygen atoms in total. The molecule has 2 aromatic rings. The lowest BCUT2D eigenvalue weighted by Gasteiger charge is -2.30. The van der Waals surface area contributed by atoms with Gasteiger partial charge in [0.15, 0.2) is 11.5 Å². The molecule has 0 spiro atoms. The second-order valence-corrected chi connectivity index (χ2v) is 7.95. The zero-order chi connectivity index (χ0) is 25.3. The van der Waals surface area contributed by atoms with Crippen molar-refractivity contribution in [3.8, 4) is 0 Å². The smallest absolute Gasteiger partial charge is 0.432 e. The van der Waals surface area contributed by atoms with Gasteiger partial charge in [0.1, 0.15) is 23.3 Å². The molecule has 35 heavy (non-hydrogen) atoms. The van der Waals surface area contributed by atoms with E-state index in [9.17, 15) is 22.4 Å². The number of aromatic nitrogens is 1. The van der Waals surface area contributed by atoms with Crippen molar-refractivity contribution in [2.24, 2.45) is 16.6 Å². The van der Waals surface area contributed by atoms with Crippen molar-refractivity contribution in [2.75, 3.05) is 7.11 Å². The van der Waals surface area contributed by atoms with Gasteiger partial charge in [-0.25, -0.2) is 9.37 Å². The number of aliphatic imine (C=N–C) groups is 1. The van der Waals surface area contributed by atoms with Crippen molar-refractivity contribution in [1.82, 2.24) is 10.3 Å². The van der Waals surface area contributed by atoms with Crippen LogP contribution in [0.25, 0.3) is 5.57 Å². The molecule has 1 aliphatic carbocycles. The minimum absolute atomic E-state index is 0.0226. The van der Waals surface area contributed by atoms with E-state index < -0.39 is 35.6 Å². The highest BCUT2D eigenvalue weighted by atomic mass is 19.4. The topological polar surface area (TPSA) is 103 Å². The number of alkyl halides is 3. The van der Waals surface area contributed by atoms with Crippen LogP contribution in [0.5, 0.6) is 0 Å². The number of ether oxygens (including phenoxy) is 1. The summed E-state index contributed by atoms with van der Waals surface area (Å²) >= 11 is 0. The third kappa shape index (κ3) is 4.76. The van der Waals surface area contributed by atoms with Crippen LogP contribution in [0.2, 0.25) is 0 Å². The fourth-order valence-corrected chi connectivity index (χ4v) is 3.97. The Morgan fingerprint density at radius 1 is 1.29 bits per heavy atom. The van der Waals surface area contributed by atoms with Crippen LogP contribution in [-0.4, -0.2) is 35.9 Å². The van der Waals surface area contributed by atoms with Crippen LogP contribution in [0.1, 0.15) is 33.3 Å². The first-order valence-corrected chi connectivity index (χ1v) is 10.6. The van der Waals surface area contributed by atoms with E-state index in [2.05, 4.69) is 15.3 Å². The zero-order valence-corrected chi connectivity index (χ0v) is 18.8. The molecule has 1 aromatic heterocycles. The van der Waals surface area contributed by atoms with Crippen molar-refractivity contribution in [1.29, 1.82) is 0 Å². The highest BCUT2D eigenvalue weighted by molar-refractivity contribution is 6.01. The Balaban J connectivity index is 1.62. The Morgan fingerprint density at radius 2 is 2.06 bits per heavy atom. The predicted octanol–water partition coefficient (Wildman–Crippen LogP) is 4.00. The number of rotatable bonds is 6. The summed E-state index contributed by atoms with van der Waals surface area (Å²) in [5.74, 6) is -1.39. The third-order valence-electron chi connectivity index (χ3n) is 5.81. The molecule has 0 fully saturated rings. The van der Waals surface area contributed by atoms with Crippen LogP contribution in [0.3, 0.4) is 0 Å². The normalized spacial score (nSPS) is 19.5. The summed E-state index contributed by atoms with van der Waals surface area (Å²) in [6.45, 7) is 1.50. The maximum atomic E-state index is 14.1. The number of hydrogen-bond acceptors (Lipinski definition) is 6. The van der Waals surface area contributed by atoms with Gasteiger partial charge >= 0.3 is 6.18 Å². The van der Waals surface area contributed by atoms with Crippen LogP contribution in [-0.2, 0) is 17.8 Å². The van der Waals surface area contributed by atoms with E-state index >= 15 is 0 Å². The summed E-state index contributed by atoms with van der Waals surface area (Å²) in [6, 6.07) is 3.62. The molecular weight excluding hydrogens is 468 g/mol. The van der Waals surface area contributed by atoms with E-state index in [4.69, 9.17) is 14.9 Å². The summed E-state index contributed by atoms with van der Waals surface area (Å²) in [5.41, 5.74) is 6.05. The SMILES string of the molecule is COC1=CC=C(c2nc(C(=O)NCc3c(C)cccc3F)c(CN)o2)C2C=CC(C(F)(F)F)=NC12. The molecule has 0 saturated heterocycles. The Morgan fingerprint density at radius 3 is 2.71 bits per heavy atom. The first-order valence-electron chi connectivity index (χ1n) is 10.6. The zero-order valence-electron chi connectivity index (χ0n) is 18.8. The van der Waals surface area contributed by atoms with Gasteiger partial charge in [0.05, 0.1) is 13.7 Å². The highest BCUT2D eigenvalue weighted by Gasteiger charge is 2.41. The van der Waals surface area contributed by atoms with Gasteiger partial charge in [0.25, 0.3) is 5.91 Å². The highest BCUT2D eigenvalue weighted by Crippen LogP contribution is 2.39. The molecular formula is C24H22F4N4O3. The number of nitrogens with zero attached hydrogens (tertiary/aromatic N) is 2. The quantitative estimate of drug-likeness (QED) is 0.596. The second-order valence-electron chi connectivity index (χ2n) is 7.95. The van der Waals surface area contributed by atoms with Gasteiger partial charge < -0.3 is 20.2 Å². The number of benzene rings is 1. The van der Waals surface area contributed by atoms with Gasteiger partial charge in [0, 0.05) is 23.6 Å². The predicted molar refractivity (Wildman–Crippen MR) is 120 cm³/mol. The van der Waals surface area contributed by atoms with E-state index in [-0.39, 0.29) is 36.2 Å². The lowest BCUT2D eigenvalue weighted by molar-refractivity contribution is -0.0583. The number of aryl methyl sites for hydroxylation is 1. The molecule has 0 saturated carbocycles. The Bertz CT molecular complexity index is 1250. The maximum Gasteiger partial charge on any atom is 0.432 e. The molecule has 2 heterocycles. The molecule has 0 bridgehead atoms. The van der Waals surface area contributed by atoms with Crippen LogP contribution >= 0.6 is 0 Å². The number of carbonyl (C=O) groups is 1. The number of nitrogens with two attached hydrogens (primary N) is 1. The molecule has 3 N–H and O–H groups in total. The number of fused-ring (bicyclic) bond motifs is 1. The molecule has 2 atom stereocenters. The van der Waals surface area contributed by atoms with Gasteiger partial charge in [-0.2, -0.15) is 13.2 Å². The number of dihydropyridines is 1. The summed E-state index contributed by atoms with van der Waals surface area (Å²) in [7, 11) is 1.35. The molecule has 2 unspecified atom stereocenters. The summed E-state index contributed by atoms with van der Waals surface area (Å²) < 4.78 is 64.7. The average Bonchev–Trinajstić information content (AvgIpc) is 3.26. The number of halogens is 4. The van der Waals surface area contributed by atoms with E-state index in [1.54, 1.807) is 25.1 Å². The van der Waals surface area contributed by atoms with Crippen LogP contribution < -0.4 is 11.1 Å². The van der Waals surface area contributed by atoms with Crippen LogP contribution in [0.4, 0.5) is 17.6 Å². The molecule has 184 valence electrons. The Kier molecular flexibility index (Phi) is 6.62. The molecule has 2 aliphatic rings. The summed E-state index contributed by atoms with van der Waals surface area (Å²) in [5, 5.41) is 2.61. The molecule has 1 amide bonds. The maximum absolute atomic E-state index is 14.1. The first kappa shape index (κ1) is 24.4. The van der Waals surface area contributed by atoms with Crippen molar-refractivity contribution in [2.45, 2.75) is 32.2 Å². The van der Waals surface area contributed by atoms with Crippen molar-refractivity contribution < 1.29 is 31.5 Å². The third-order valence-corrected chi connectivity index (χ3v) is 5.81. The lowest BCUT2D eigenvalue weighted by Crippen LogP contribution is -2.33. The molecule has 1 aromatic carbocycles. The first-order chi connectivity index (χ1) is 16.6. The fraction of sp³-hybridized carbons (Fsp3) is 0.292. The average molecular weight is 490 g/mol. The van der Waals surface area contributed by atoms with Gasteiger partial charge in [-0.05, 0) is 36.8 Å². The lowest BCUT2D eigenvalue weighted by atomic mass is 9.84. The van der Waals surface area contributed by atoms with E-state index in [0.717, 1.165) is 6.08 Å². The van der Waals surface area contributed by atoms with Gasteiger partial charge in [-0.1, -0.05) is 18.2 Å². The summed E-state index contributed by atoms with van der Waals surface area (Å²) in [4.78, 5) is 20.9. The molecule has 1 aliphatic heterocycles. The minimum atomic E-state index is -4.61. The number of amides is 1. The van der Waals surface area contributed by atoms with E-state index in [0.29, 0.717) is 16.7 Å². The number of nitrogens with one attached hydrogen (secondary N) is 1. The Hall–Kier alpha value is -3.73. The van der Waals surface area contributed by atoms with E-state index in [1.807, 2.05) is 0 Å². The number of carbonyl (C=O) groups excluding carboxylic acids is 1. The van der Waals surface area contributed by atoms with Crippen molar-refractivity contribution >= 4 is 17.2 Å². The van der Waals surface area contributed by atoms with Crippen LogP contribution in [0.15, 0.2) is 57.7 Å². The molecule has 11 heteroatoms. The molecule has 0 radical (unpaired) electrons. The monoisotopic (exact) mass is 490 g/mol. The van der Waals surface area contributed by atoms with Crippen molar-refractivity contribution in [3.63, 3.8) is 0 Å². The number of oxazole rings is 1. The minimum Gasteiger partial charge on any atom is -0.499 e. The van der Waals surface area contributed by atoms with E-state index in [1.165, 1.54) is 25.3 Å². The number of methoxy groups -OCH3 is 1. The largest absolute Gasteiger partial charge is 0.499 e. The van der Waals surface area contributed by atoms with Gasteiger partial charge in [-0.15, -0.1) is 0 Å². The standard InChI is InChI=1S/C24H22F4N4O3/c1-12-4-3-5-16(25)15(12)11-30-22(33)21-18(10-29)35-23(32-21)14-6-8-17(34-2)20-13(14)7-9-19(31-20)24(26,27)28/h3-9,13,20H,10-11,29H2,1-2H3,(H,30,33). The Labute approximate surface area is 198 Å². The number of hydrogen-bond donors (Lipinski definition) is 2. The van der Waals surface area contributed by atoms with Crippen LogP contribution in [0, 0.1) is 18.7 Å². The molecule has 4 rings (SSSR count). The fourth-order valence-electron chi connectivity index (χ4n) is 3.97. The van der Waals surface area contributed by atoms with Gasteiger partial charge in [-0.3, -0.25) is 9.79 Å².